The summed E-state index contributed by atoms with van der Waals surface area (Å²) in [6, 6.07) is 5.66. The Labute approximate surface area is 145 Å². The Bertz CT molecular complexity index is 591. The van der Waals surface area contributed by atoms with Crippen molar-refractivity contribution in [2.45, 2.75) is 27.7 Å². The van der Waals surface area contributed by atoms with Crippen LogP contribution in [0, 0.1) is 5.92 Å². The van der Waals surface area contributed by atoms with Crippen molar-refractivity contribution in [1.82, 2.24) is 4.90 Å². The molecule has 1 rings (SSSR count). The monoisotopic (exact) mass is 331 g/mol. The summed E-state index contributed by atoms with van der Waals surface area (Å²) >= 11 is 0. The average molecular weight is 331 g/mol. The van der Waals surface area contributed by atoms with Gasteiger partial charge in [-0.05, 0) is 43.5 Å². The molecule has 4 heteroatoms. The normalized spacial score (nSPS) is 10.9. The first-order chi connectivity index (χ1) is 11.4. The van der Waals surface area contributed by atoms with E-state index in [4.69, 9.17) is 9.47 Å². The van der Waals surface area contributed by atoms with Gasteiger partial charge in [-0.15, -0.1) is 0 Å². The first-order valence-corrected chi connectivity index (χ1v) is 8.29. The van der Waals surface area contributed by atoms with Gasteiger partial charge in [0.25, 0.3) is 0 Å². The summed E-state index contributed by atoms with van der Waals surface area (Å²) in [5.74, 6) is 1.80. The van der Waals surface area contributed by atoms with E-state index in [1.807, 2.05) is 32.0 Å². The van der Waals surface area contributed by atoms with Gasteiger partial charge >= 0.3 is 0 Å². The van der Waals surface area contributed by atoms with Gasteiger partial charge in [0, 0.05) is 19.2 Å². The number of nitrogens with zero attached hydrogens (tertiary/aromatic N) is 1. The molecule has 0 spiro atoms. The van der Waals surface area contributed by atoms with Crippen LogP contribution in [0.3, 0.4) is 0 Å². The minimum absolute atomic E-state index is 0.0281. The molecule has 4 nitrogen and oxygen atoms in total. The third-order valence-corrected chi connectivity index (χ3v) is 3.33. The van der Waals surface area contributed by atoms with Crippen molar-refractivity contribution < 1.29 is 14.3 Å². The van der Waals surface area contributed by atoms with E-state index in [0.29, 0.717) is 37.1 Å². The Morgan fingerprint density at radius 3 is 2.58 bits per heavy atom. The fraction of sp³-hybridized carbons (Fsp3) is 0.450. The first-order valence-electron chi connectivity index (χ1n) is 8.29. The quantitative estimate of drug-likeness (QED) is 0.503. The van der Waals surface area contributed by atoms with E-state index in [0.717, 1.165) is 11.1 Å². The lowest BCUT2D eigenvalue weighted by Crippen LogP contribution is -2.30. The molecule has 24 heavy (non-hydrogen) atoms. The van der Waals surface area contributed by atoms with Gasteiger partial charge in [-0.25, -0.2) is 0 Å². The Balaban J connectivity index is 2.83. The standard InChI is InChI=1S/C20H29NO3/c1-7-21(13-15(2)3)20(22)11-9-17-8-10-18(19(12-17)23-6)24-14-16(4)5/h8-12,16H,2,7,13-14H2,1,3-6H3/b11-9+. The molecular formula is C20H29NO3. The van der Waals surface area contributed by atoms with E-state index in [-0.39, 0.29) is 5.91 Å². The molecule has 0 bridgehead atoms. The zero-order valence-corrected chi connectivity index (χ0v) is 15.5. The molecule has 0 fully saturated rings. The molecule has 0 saturated heterocycles. The molecule has 1 aromatic rings. The molecule has 1 aromatic carbocycles. The molecular weight excluding hydrogens is 302 g/mol. The largest absolute Gasteiger partial charge is 0.493 e. The predicted octanol–water partition coefficient (Wildman–Crippen LogP) is 4.17. The molecule has 0 aromatic heterocycles. The summed E-state index contributed by atoms with van der Waals surface area (Å²) in [6.45, 7) is 13.8. The second-order valence-corrected chi connectivity index (χ2v) is 6.26. The maximum absolute atomic E-state index is 12.2. The second kappa shape index (κ2) is 9.81. The van der Waals surface area contributed by atoms with Crippen molar-refractivity contribution in [2.24, 2.45) is 5.92 Å². The maximum atomic E-state index is 12.2. The van der Waals surface area contributed by atoms with Gasteiger partial charge in [-0.3, -0.25) is 4.79 Å². The van der Waals surface area contributed by atoms with Crippen LogP contribution in [0.1, 0.15) is 33.3 Å². The highest BCUT2D eigenvalue weighted by Gasteiger charge is 2.09. The van der Waals surface area contributed by atoms with Crippen molar-refractivity contribution >= 4 is 12.0 Å². The fourth-order valence-electron chi connectivity index (χ4n) is 2.11. The summed E-state index contributed by atoms with van der Waals surface area (Å²) in [7, 11) is 1.61. The summed E-state index contributed by atoms with van der Waals surface area (Å²) < 4.78 is 11.1. The average Bonchev–Trinajstić information content (AvgIpc) is 2.55. The third-order valence-electron chi connectivity index (χ3n) is 3.33. The van der Waals surface area contributed by atoms with E-state index in [2.05, 4.69) is 20.4 Å². The zero-order valence-electron chi connectivity index (χ0n) is 15.5. The molecule has 1 amide bonds. The molecule has 0 unspecified atom stereocenters. The van der Waals surface area contributed by atoms with Gasteiger partial charge < -0.3 is 14.4 Å². The van der Waals surface area contributed by atoms with Crippen molar-refractivity contribution in [1.29, 1.82) is 0 Å². The molecule has 0 atom stereocenters. The number of benzene rings is 1. The molecule has 0 heterocycles. The highest BCUT2D eigenvalue weighted by atomic mass is 16.5. The van der Waals surface area contributed by atoms with Crippen molar-refractivity contribution in [3.8, 4) is 11.5 Å². The van der Waals surface area contributed by atoms with Gasteiger partial charge in [0.15, 0.2) is 11.5 Å². The van der Waals surface area contributed by atoms with Crippen LogP contribution in [0.2, 0.25) is 0 Å². The molecule has 0 radical (unpaired) electrons. The lowest BCUT2D eigenvalue weighted by molar-refractivity contribution is -0.125. The highest BCUT2D eigenvalue weighted by Crippen LogP contribution is 2.29. The van der Waals surface area contributed by atoms with Crippen LogP contribution < -0.4 is 9.47 Å². The minimum Gasteiger partial charge on any atom is -0.493 e. The van der Waals surface area contributed by atoms with Crippen LogP contribution >= 0.6 is 0 Å². The maximum Gasteiger partial charge on any atom is 0.246 e. The molecule has 0 aliphatic rings. The second-order valence-electron chi connectivity index (χ2n) is 6.26. The summed E-state index contributed by atoms with van der Waals surface area (Å²) in [4.78, 5) is 14.0. The topological polar surface area (TPSA) is 38.8 Å². The van der Waals surface area contributed by atoms with Gasteiger partial charge in [-0.1, -0.05) is 32.1 Å². The van der Waals surface area contributed by atoms with Crippen molar-refractivity contribution in [3.63, 3.8) is 0 Å². The fourth-order valence-corrected chi connectivity index (χ4v) is 2.11. The van der Waals surface area contributed by atoms with Crippen molar-refractivity contribution in [2.75, 3.05) is 26.8 Å². The number of methoxy groups -OCH3 is 1. The van der Waals surface area contributed by atoms with Gasteiger partial charge in [0.05, 0.1) is 13.7 Å². The summed E-state index contributed by atoms with van der Waals surface area (Å²) in [6.07, 6.45) is 3.37. The minimum atomic E-state index is -0.0281. The highest BCUT2D eigenvalue weighted by molar-refractivity contribution is 5.92. The van der Waals surface area contributed by atoms with Gasteiger partial charge in [0.1, 0.15) is 0 Å². The Hall–Kier alpha value is -2.23. The number of carbonyl (C=O) groups is 1. The molecule has 132 valence electrons. The lowest BCUT2D eigenvalue weighted by atomic mass is 10.1. The van der Waals surface area contributed by atoms with E-state index in [9.17, 15) is 4.79 Å². The number of likely N-dealkylation sites (N-methyl/N-ethyl adjacent to an activating group) is 1. The van der Waals surface area contributed by atoms with E-state index in [1.54, 1.807) is 24.2 Å². The van der Waals surface area contributed by atoms with E-state index < -0.39 is 0 Å². The Morgan fingerprint density at radius 1 is 1.33 bits per heavy atom. The number of carbonyl (C=O) groups excluding carboxylic acids is 1. The Morgan fingerprint density at radius 2 is 2.04 bits per heavy atom. The number of amides is 1. The lowest BCUT2D eigenvalue weighted by Gasteiger charge is -2.19. The predicted molar refractivity (Wildman–Crippen MR) is 99.4 cm³/mol. The molecule has 0 aliphatic heterocycles. The van der Waals surface area contributed by atoms with Crippen LogP contribution in [-0.4, -0.2) is 37.6 Å². The van der Waals surface area contributed by atoms with Gasteiger partial charge in [0.2, 0.25) is 5.91 Å². The molecule has 0 N–H and O–H groups in total. The summed E-state index contributed by atoms with van der Waals surface area (Å²) in [5.41, 5.74) is 1.86. The number of hydrogen-bond acceptors (Lipinski definition) is 3. The van der Waals surface area contributed by atoms with Crippen LogP contribution in [-0.2, 0) is 4.79 Å². The summed E-state index contributed by atoms with van der Waals surface area (Å²) in [5, 5.41) is 0. The zero-order chi connectivity index (χ0) is 18.1. The molecule has 0 saturated carbocycles. The number of rotatable bonds is 9. The third kappa shape index (κ3) is 6.49. The van der Waals surface area contributed by atoms with Gasteiger partial charge in [-0.2, -0.15) is 0 Å². The van der Waals surface area contributed by atoms with Crippen molar-refractivity contribution in [3.05, 3.63) is 42.0 Å². The van der Waals surface area contributed by atoms with E-state index >= 15 is 0 Å². The Kier molecular flexibility index (Phi) is 8.10. The number of hydrogen-bond donors (Lipinski definition) is 0. The van der Waals surface area contributed by atoms with Crippen LogP contribution in [0.4, 0.5) is 0 Å². The number of ether oxygens (including phenoxy) is 2. The first kappa shape index (κ1) is 19.8. The van der Waals surface area contributed by atoms with E-state index in [1.165, 1.54) is 0 Å². The van der Waals surface area contributed by atoms with Crippen LogP contribution in [0.25, 0.3) is 6.08 Å². The van der Waals surface area contributed by atoms with Crippen LogP contribution in [0.5, 0.6) is 11.5 Å². The smallest absolute Gasteiger partial charge is 0.246 e. The SMILES string of the molecule is C=C(C)CN(CC)C(=O)/C=C/c1ccc(OCC(C)C)c(OC)c1. The van der Waals surface area contributed by atoms with Crippen LogP contribution in [0.15, 0.2) is 36.4 Å². The molecule has 0 aliphatic carbocycles.